The Labute approximate surface area is 196 Å². The Morgan fingerprint density at radius 3 is 2.41 bits per heavy atom. The lowest BCUT2D eigenvalue weighted by Gasteiger charge is -2.34. The van der Waals surface area contributed by atoms with Crippen molar-refractivity contribution in [2.45, 2.75) is 65.1 Å². The quantitative estimate of drug-likeness (QED) is 0.296. The van der Waals surface area contributed by atoms with Crippen LogP contribution >= 0.6 is 12.6 Å². The lowest BCUT2D eigenvalue weighted by atomic mass is 9.98. The molecular formula is C23H37N3O5S. The molecule has 2 atom stereocenters. The third-order valence-electron chi connectivity index (χ3n) is 4.67. The zero-order valence-corrected chi connectivity index (χ0v) is 20.6. The van der Waals surface area contributed by atoms with E-state index in [2.05, 4.69) is 23.3 Å². The molecule has 3 N–H and O–H groups in total. The molecule has 0 aliphatic heterocycles. The molecule has 0 saturated carbocycles. The second-order valence-corrected chi connectivity index (χ2v) is 8.91. The Kier molecular flexibility index (Phi) is 11.6. The van der Waals surface area contributed by atoms with Crippen molar-refractivity contribution < 1.29 is 24.2 Å². The van der Waals surface area contributed by atoms with Crippen LogP contribution < -0.4 is 10.6 Å². The van der Waals surface area contributed by atoms with Crippen molar-refractivity contribution in [1.82, 2.24) is 15.5 Å². The number of ether oxygens (including phenoxy) is 1. The molecule has 0 saturated heterocycles. The molecule has 0 radical (unpaired) electrons. The zero-order valence-electron chi connectivity index (χ0n) is 19.7. The number of aryl methyl sites for hydroxylation is 1. The normalized spacial score (nSPS) is 13.1. The highest BCUT2D eigenvalue weighted by Gasteiger charge is 2.36. The molecule has 9 heteroatoms. The van der Waals surface area contributed by atoms with Crippen LogP contribution in [0, 0.1) is 6.92 Å². The van der Waals surface area contributed by atoms with Crippen LogP contribution in [0.4, 0.5) is 4.79 Å². The minimum atomic E-state index is -1.03. The topological polar surface area (TPSA) is 108 Å². The van der Waals surface area contributed by atoms with Crippen molar-refractivity contribution in [2.75, 3.05) is 25.4 Å². The molecule has 3 amide bonds. The average Bonchev–Trinajstić information content (AvgIpc) is 2.71. The third kappa shape index (κ3) is 8.70. The number of benzene rings is 1. The fraction of sp³-hybridized carbons (Fsp3) is 0.609. The van der Waals surface area contributed by atoms with E-state index in [0.717, 1.165) is 18.4 Å². The molecule has 180 valence electrons. The number of unbranched alkanes of at least 4 members (excludes halogenated alkanes) is 1. The summed E-state index contributed by atoms with van der Waals surface area (Å²) in [5.74, 6) is -0.874. The van der Waals surface area contributed by atoms with Gasteiger partial charge in [-0.25, -0.2) is 4.79 Å². The summed E-state index contributed by atoms with van der Waals surface area (Å²) in [7, 11) is 0. The maximum Gasteiger partial charge on any atom is 0.408 e. The van der Waals surface area contributed by atoms with Crippen LogP contribution in [0.3, 0.4) is 0 Å². The second-order valence-electron chi connectivity index (χ2n) is 8.54. The number of amides is 3. The van der Waals surface area contributed by atoms with Crippen LogP contribution in [0.5, 0.6) is 0 Å². The predicted molar refractivity (Wildman–Crippen MR) is 128 cm³/mol. The summed E-state index contributed by atoms with van der Waals surface area (Å²) in [5.41, 5.74) is 0.752. The van der Waals surface area contributed by atoms with Crippen molar-refractivity contribution in [1.29, 1.82) is 0 Å². The number of rotatable bonds is 11. The van der Waals surface area contributed by atoms with Gasteiger partial charge in [0.25, 0.3) is 0 Å². The fourth-order valence-electron chi connectivity index (χ4n) is 3.14. The summed E-state index contributed by atoms with van der Waals surface area (Å²) in [5, 5.41) is 15.1. The summed E-state index contributed by atoms with van der Waals surface area (Å²) < 4.78 is 5.25. The maximum atomic E-state index is 13.4. The summed E-state index contributed by atoms with van der Waals surface area (Å²) >= 11 is 4.22. The van der Waals surface area contributed by atoms with E-state index in [-0.39, 0.29) is 24.8 Å². The standard InChI is InChI=1S/C23H37N3O5S/c1-6-7-12-24-20(28)19(17-11-9-8-10-16(17)2)26(13-14-27)21(29)18(15-32)25-22(30)31-23(3,4)5/h8-11,18-19,27,32H,6-7,12-15H2,1-5H3,(H,24,28)(H,25,30). The van der Waals surface area contributed by atoms with E-state index in [4.69, 9.17) is 4.74 Å². The van der Waals surface area contributed by atoms with E-state index < -0.39 is 29.7 Å². The highest BCUT2D eigenvalue weighted by molar-refractivity contribution is 7.80. The smallest absolute Gasteiger partial charge is 0.408 e. The SMILES string of the molecule is CCCCNC(=O)C(c1ccccc1C)N(CCO)C(=O)C(CS)NC(=O)OC(C)(C)C. The average molecular weight is 468 g/mol. The minimum absolute atomic E-state index is 0.00203. The number of aliphatic hydroxyl groups excluding tert-OH is 1. The lowest BCUT2D eigenvalue weighted by Crippen LogP contribution is -2.54. The van der Waals surface area contributed by atoms with Gasteiger partial charge in [0.15, 0.2) is 0 Å². The van der Waals surface area contributed by atoms with Gasteiger partial charge in [-0.2, -0.15) is 12.6 Å². The molecule has 0 aromatic heterocycles. The molecule has 0 aliphatic rings. The van der Waals surface area contributed by atoms with Crippen molar-refractivity contribution in [3.63, 3.8) is 0 Å². The van der Waals surface area contributed by atoms with E-state index in [1.165, 1.54) is 4.90 Å². The molecule has 0 fully saturated rings. The van der Waals surface area contributed by atoms with Crippen LogP contribution in [-0.4, -0.2) is 65.0 Å². The molecular weight excluding hydrogens is 430 g/mol. The maximum absolute atomic E-state index is 13.4. The largest absolute Gasteiger partial charge is 0.444 e. The van der Waals surface area contributed by atoms with Gasteiger partial charge in [-0.05, 0) is 45.2 Å². The van der Waals surface area contributed by atoms with Crippen LogP contribution in [0.1, 0.15) is 57.7 Å². The van der Waals surface area contributed by atoms with Gasteiger partial charge in [-0.3, -0.25) is 9.59 Å². The van der Waals surface area contributed by atoms with Crippen LogP contribution in [0.2, 0.25) is 0 Å². The van der Waals surface area contributed by atoms with Crippen molar-refractivity contribution in [3.8, 4) is 0 Å². The Morgan fingerprint density at radius 1 is 1.22 bits per heavy atom. The van der Waals surface area contributed by atoms with E-state index in [1.807, 2.05) is 26.0 Å². The van der Waals surface area contributed by atoms with Crippen LogP contribution in [0.15, 0.2) is 24.3 Å². The Morgan fingerprint density at radius 2 is 1.88 bits per heavy atom. The monoisotopic (exact) mass is 467 g/mol. The van der Waals surface area contributed by atoms with E-state index >= 15 is 0 Å². The molecule has 0 aliphatic carbocycles. The van der Waals surface area contributed by atoms with Gasteiger partial charge in [-0.1, -0.05) is 37.6 Å². The van der Waals surface area contributed by atoms with E-state index in [1.54, 1.807) is 32.9 Å². The highest BCUT2D eigenvalue weighted by Crippen LogP contribution is 2.25. The van der Waals surface area contributed by atoms with Crippen LogP contribution in [-0.2, 0) is 14.3 Å². The van der Waals surface area contributed by atoms with Gasteiger partial charge in [0.1, 0.15) is 17.7 Å². The van der Waals surface area contributed by atoms with Crippen molar-refractivity contribution in [3.05, 3.63) is 35.4 Å². The molecule has 2 unspecified atom stereocenters. The third-order valence-corrected chi connectivity index (χ3v) is 5.03. The van der Waals surface area contributed by atoms with Gasteiger partial charge in [0, 0.05) is 18.8 Å². The van der Waals surface area contributed by atoms with Crippen LogP contribution in [0.25, 0.3) is 0 Å². The molecule has 1 rings (SSSR count). The predicted octanol–water partition coefficient (Wildman–Crippen LogP) is 2.60. The van der Waals surface area contributed by atoms with Gasteiger partial charge in [0.05, 0.1) is 6.61 Å². The number of nitrogens with one attached hydrogen (secondary N) is 2. The molecule has 32 heavy (non-hydrogen) atoms. The molecule has 0 spiro atoms. The second kappa shape index (κ2) is 13.3. The molecule has 8 nitrogen and oxygen atoms in total. The molecule has 0 bridgehead atoms. The first-order valence-corrected chi connectivity index (χ1v) is 11.5. The van der Waals surface area contributed by atoms with E-state index in [9.17, 15) is 19.5 Å². The molecule has 1 aromatic carbocycles. The number of aliphatic hydroxyl groups is 1. The Hall–Kier alpha value is -2.26. The lowest BCUT2D eigenvalue weighted by molar-refractivity contribution is -0.142. The van der Waals surface area contributed by atoms with Crippen molar-refractivity contribution in [2.24, 2.45) is 0 Å². The number of alkyl carbamates (subject to hydrolysis) is 1. The Balaban J connectivity index is 3.27. The highest BCUT2D eigenvalue weighted by atomic mass is 32.1. The number of nitrogens with zero attached hydrogens (tertiary/aromatic N) is 1. The van der Waals surface area contributed by atoms with Gasteiger partial charge < -0.3 is 25.4 Å². The summed E-state index contributed by atoms with van der Waals surface area (Å²) in [4.78, 5) is 40.2. The molecule has 0 heterocycles. The Bertz CT molecular complexity index is 766. The van der Waals surface area contributed by atoms with Gasteiger partial charge >= 0.3 is 6.09 Å². The zero-order chi connectivity index (χ0) is 24.3. The summed E-state index contributed by atoms with van der Waals surface area (Å²) in [6.45, 7) is 9.09. The minimum Gasteiger partial charge on any atom is -0.444 e. The fourth-order valence-corrected chi connectivity index (χ4v) is 3.39. The van der Waals surface area contributed by atoms with Gasteiger partial charge in [0.2, 0.25) is 11.8 Å². The molecule has 1 aromatic rings. The first kappa shape index (κ1) is 27.8. The number of carbonyl (C=O) groups is 3. The summed E-state index contributed by atoms with van der Waals surface area (Å²) in [6, 6.07) is 5.30. The summed E-state index contributed by atoms with van der Waals surface area (Å²) in [6.07, 6.45) is 0.962. The first-order chi connectivity index (χ1) is 15.1. The first-order valence-electron chi connectivity index (χ1n) is 10.9. The number of thiol groups is 1. The van der Waals surface area contributed by atoms with Crippen molar-refractivity contribution >= 4 is 30.5 Å². The van der Waals surface area contributed by atoms with E-state index in [0.29, 0.717) is 12.1 Å². The van der Waals surface area contributed by atoms with Gasteiger partial charge in [-0.15, -0.1) is 0 Å². The number of hydrogen-bond acceptors (Lipinski definition) is 6. The number of hydrogen-bond donors (Lipinski definition) is 4. The number of carbonyl (C=O) groups excluding carboxylic acids is 3.